The Labute approximate surface area is 187 Å². The van der Waals surface area contributed by atoms with E-state index in [9.17, 15) is 22.8 Å². The van der Waals surface area contributed by atoms with Gasteiger partial charge in [0.1, 0.15) is 11.0 Å². The molecule has 0 fully saturated rings. The van der Waals surface area contributed by atoms with E-state index in [4.69, 9.17) is 0 Å². The molecule has 0 unspecified atom stereocenters. The summed E-state index contributed by atoms with van der Waals surface area (Å²) in [5.41, 5.74) is 2.52. The van der Waals surface area contributed by atoms with Gasteiger partial charge in [-0.25, -0.2) is 4.98 Å². The van der Waals surface area contributed by atoms with Gasteiger partial charge in [0, 0.05) is 30.4 Å². The highest BCUT2D eigenvalue weighted by Crippen LogP contribution is 2.29. The topological polar surface area (TPSA) is 79.8 Å². The molecule has 0 saturated carbocycles. The van der Waals surface area contributed by atoms with Crippen molar-refractivity contribution in [3.8, 4) is 0 Å². The van der Waals surface area contributed by atoms with Gasteiger partial charge in [0.25, 0.3) is 5.56 Å². The summed E-state index contributed by atoms with van der Waals surface area (Å²) < 4.78 is 39.9. The Hall–Kier alpha value is -3.62. The van der Waals surface area contributed by atoms with Gasteiger partial charge in [-0.05, 0) is 49.6 Å². The molecule has 6 nitrogen and oxygen atoms in total. The van der Waals surface area contributed by atoms with Crippen molar-refractivity contribution >= 4 is 27.8 Å². The first-order valence-corrected chi connectivity index (χ1v) is 10.6. The normalized spacial score (nSPS) is 11.9. The molecular formula is C24H23F3N4O2. The highest BCUT2D eigenvalue weighted by Gasteiger charge is 2.30. The van der Waals surface area contributed by atoms with Crippen LogP contribution in [-0.4, -0.2) is 20.4 Å². The molecule has 4 aromatic rings. The fourth-order valence-electron chi connectivity index (χ4n) is 3.78. The fraction of sp³-hybridized carbons (Fsp3) is 0.292. The third kappa shape index (κ3) is 5.08. The van der Waals surface area contributed by atoms with Crippen LogP contribution >= 0.6 is 0 Å². The van der Waals surface area contributed by atoms with Gasteiger partial charge in [-0.3, -0.25) is 14.2 Å². The highest BCUT2D eigenvalue weighted by atomic mass is 19.4. The first-order chi connectivity index (χ1) is 15.7. The second kappa shape index (κ2) is 9.09. The van der Waals surface area contributed by atoms with Crippen molar-refractivity contribution < 1.29 is 18.0 Å². The van der Waals surface area contributed by atoms with Crippen LogP contribution in [0.15, 0.2) is 53.6 Å². The number of fused-ring (bicyclic) bond motifs is 3. The van der Waals surface area contributed by atoms with Gasteiger partial charge in [0.05, 0.1) is 11.9 Å². The van der Waals surface area contributed by atoms with Crippen LogP contribution in [0.3, 0.4) is 0 Å². The molecule has 1 amide bonds. The summed E-state index contributed by atoms with van der Waals surface area (Å²) in [5, 5.41) is 3.55. The Bertz CT molecular complexity index is 1370. The zero-order valence-electron chi connectivity index (χ0n) is 18.0. The maximum absolute atomic E-state index is 12.8. The molecule has 0 bridgehead atoms. The Kier molecular flexibility index (Phi) is 6.22. The third-order valence-corrected chi connectivity index (χ3v) is 5.52. The molecule has 2 aromatic heterocycles. The molecule has 9 heteroatoms. The van der Waals surface area contributed by atoms with Crippen molar-refractivity contribution in [1.29, 1.82) is 0 Å². The van der Waals surface area contributed by atoms with E-state index >= 15 is 0 Å². The average molecular weight is 456 g/mol. The van der Waals surface area contributed by atoms with Crippen LogP contribution in [-0.2, 0) is 24.1 Å². The summed E-state index contributed by atoms with van der Waals surface area (Å²) in [6, 6.07) is 10.8. The number of nitrogens with one attached hydrogen (secondary N) is 2. The number of alkyl halides is 3. The predicted octanol–water partition coefficient (Wildman–Crippen LogP) is 4.69. The van der Waals surface area contributed by atoms with E-state index in [1.807, 2.05) is 25.1 Å². The van der Waals surface area contributed by atoms with Crippen molar-refractivity contribution in [2.75, 3.05) is 0 Å². The number of benzene rings is 2. The lowest BCUT2D eigenvalue weighted by atomic mass is 10.1. The summed E-state index contributed by atoms with van der Waals surface area (Å²) in [5.74, 6) is -0.251. The summed E-state index contributed by atoms with van der Waals surface area (Å²) in [4.78, 5) is 32.4. The minimum atomic E-state index is -4.41. The van der Waals surface area contributed by atoms with Gasteiger partial charge in [-0.2, -0.15) is 13.2 Å². The number of amides is 1. The van der Waals surface area contributed by atoms with E-state index in [1.54, 1.807) is 0 Å². The number of aryl methyl sites for hydroxylation is 2. The lowest BCUT2D eigenvalue weighted by Gasteiger charge is -2.10. The Morgan fingerprint density at radius 3 is 2.76 bits per heavy atom. The van der Waals surface area contributed by atoms with Crippen molar-refractivity contribution in [2.45, 2.75) is 45.5 Å². The van der Waals surface area contributed by atoms with E-state index in [0.717, 1.165) is 28.6 Å². The van der Waals surface area contributed by atoms with Crippen molar-refractivity contribution in [2.24, 2.45) is 0 Å². The average Bonchev–Trinajstić information content (AvgIpc) is 3.15. The number of rotatable bonds is 7. The molecule has 172 valence electrons. The van der Waals surface area contributed by atoms with Crippen LogP contribution in [0.1, 0.15) is 36.0 Å². The van der Waals surface area contributed by atoms with E-state index in [-0.39, 0.29) is 24.4 Å². The molecule has 0 aliphatic heterocycles. The molecule has 0 radical (unpaired) electrons. The Balaban J connectivity index is 1.30. The van der Waals surface area contributed by atoms with Crippen LogP contribution in [0.4, 0.5) is 13.2 Å². The number of aromatic nitrogens is 3. The number of unbranched alkanes of at least 4 members (excludes halogenated alkanes) is 1. The zero-order chi connectivity index (χ0) is 23.6. The molecule has 2 heterocycles. The molecule has 2 N–H and O–H groups in total. The van der Waals surface area contributed by atoms with Crippen LogP contribution < -0.4 is 10.9 Å². The van der Waals surface area contributed by atoms with Gasteiger partial charge >= 0.3 is 6.18 Å². The predicted molar refractivity (Wildman–Crippen MR) is 120 cm³/mol. The lowest BCUT2D eigenvalue weighted by Crippen LogP contribution is -2.23. The second-order valence-electron chi connectivity index (χ2n) is 8.07. The molecule has 0 aliphatic rings. The molecule has 4 rings (SSSR count). The van der Waals surface area contributed by atoms with Crippen LogP contribution in [0.25, 0.3) is 21.9 Å². The lowest BCUT2D eigenvalue weighted by molar-refractivity contribution is -0.137. The summed E-state index contributed by atoms with van der Waals surface area (Å²) >= 11 is 0. The summed E-state index contributed by atoms with van der Waals surface area (Å²) in [6.45, 7) is 2.43. The van der Waals surface area contributed by atoms with Gasteiger partial charge in [0.2, 0.25) is 5.91 Å². The van der Waals surface area contributed by atoms with Gasteiger partial charge < -0.3 is 10.3 Å². The number of aromatic amines is 1. The molecule has 0 saturated heterocycles. The Morgan fingerprint density at radius 2 is 1.97 bits per heavy atom. The smallest absolute Gasteiger partial charge is 0.352 e. The second-order valence-corrected chi connectivity index (χ2v) is 8.07. The molecular weight excluding hydrogens is 433 g/mol. The van der Waals surface area contributed by atoms with E-state index < -0.39 is 11.7 Å². The summed E-state index contributed by atoms with van der Waals surface area (Å²) in [7, 11) is 0. The quantitative estimate of drug-likeness (QED) is 0.396. The van der Waals surface area contributed by atoms with Crippen LogP contribution in [0, 0.1) is 6.92 Å². The maximum atomic E-state index is 12.8. The van der Waals surface area contributed by atoms with Crippen LogP contribution in [0.2, 0.25) is 0 Å². The van der Waals surface area contributed by atoms with E-state index in [2.05, 4.69) is 15.3 Å². The minimum Gasteiger partial charge on any atom is -0.352 e. The van der Waals surface area contributed by atoms with E-state index in [0.29, 0.717) is 36.0 Å². The number of carbonyl (C=O) groups is 1. The molecule has 0 atom stereocenters. The SMILES string of the molecule is Cc1ccc2[nH]c3c(=O)n(CCCCC(=O)NCc4cccc(C(F)(F)F)c4)cnc3c2c1. The summed E-state index contributed by atoms with van der Waals surface area (Å²) in [6.07, 6.45) is -1.56. The van der Waals surface area contributed by atoms with Gasteiger partial charge in [0.15, 0.2) is 0 Å². The highest BCUT2D eigenvalue weighted by molar-refractivity contribution is 6.04. The number of hydrogen-bond donors (Lipinski definition) is 2. The standard InChI is InChI=1S/C24H23F3N4O2/c1-15-8-9-19-18(11-15)21-22(30-19)23(33)31(14-29-21)10-3-2-7-20(32)28-13-16-5-4-6-17(12-16)24(25,26)27/h4-6,8-9,11-12,14,30H,2-3,7,10,13H2,1H3,(H,28,32). The first-order valence-electron chi connectivity index (χ1n) is 10.6. The fourth-order valence-corrected chi connectivity index (χ4v) is 3.78. The minimum absolute atomic E-state index is 0.0304. The molecule has 2 aromatic carbocycles. The monoisotopic (exact) mass is 456 g/mol. The van der Waals surface area contributed by atoms with Crippen molar-refractivity contribution in [3.05, 3.63) is 75.8 Å². The number of nitrogens with zero attached hydrogens (tertiary/aromatic N) is 2. The van der Waals surface area contributed by atoms with Crippen molar-refractivity contribution in [1.82, 2.24) is 19.9 Å². The van der Waals surface area contributed by atoms with Gasteiger partial charge in [-0.15, -0.1) is 0 Å². The first kappa shape index (κ1) is 22.6. The molecule has 0 spiro atoms. The number of carbonyl (C=O) groups excluding carboxylic acids is 1. The molecule has 33 heavy (non-hydrogen) atoms. The van der Waals surface area contributed by atoms with Crippen LogP contribution in [0.5, 0.6) is 0 Å². The molecule has 0 aliphatic carbocycles. The number of H-pyrrole nitrogens is 1. The Morgan fingerprint density at radius 1 is 1.15 bits per heavy atom. The van der Waals surface area contributed by atoms with Crippen molar-refractivity contribution in [3.63, 3.8) is 0 Å². The maximum Gasteiger partial charge on any atom is 0.416 e. The zero-order valence-corrected chi connectivity index (χ0v) is 18.0. The number of hydrogen-bond acceptors (Lipinski definition) is 3. The largest absolute Gasteiger partial charge is 0.416 e. The van der Waals surface area contributed by atoms with E-state index in [1.165, 1.54) is 23.0 Å². The third-order valence-electron chi connectivity index (χ3n) is 5.52. The van der Waals surface area contributed by atoms with Gasteiger partial charge in [-0.1, -0.05) is 23.8 Å². The number of halogens is 3.